The van der Waals surface area contributed by atoms with Crippen molar-refractivity contribution in [3.63, 3.8) is 0 Å². The van der Waals surface area contributed by atoms with Crippen LogP contribution in [0.1, 0.15) is 35.4 Å². The summed E-state index contributed by atoms with van der Waals surface area (Å²) in [5.74, 6) is 0. The van der Waals surface area contributed by atoms with Crippen molar-refractivity contribution < 1.29 is 0 Å². The van der Waals surface area contributed by atoms with E-state index in [9.17, 15) is 0 Å². The molecule has 9 aromatic rings. The Labute approximate surface area is 326 Å². The number of aryl methyl sites for hydroxylation is 2. The molecule has 2 heteroatoms. The second-order valence-electron chi connectivity index (χ2n) is 15.6. The normalized spacial score (nSPS) is 13.6. The van der Waals surface area contributed by atoms with Gasteiger partial charge in [0.1, 0.15) is 0 Å². The van der Waals surface area contributed by atoms with Crippen molar-refractivity contribution in [2.24, 2.45) is 0 Å². The highest BCUT2D eigenvalue weighted by Crippen LogP contribution is 2.55. The zero-order valence-corrected chi connectivity index (χ0v) is 31.8. The van der Waals surface area contributed by atoms with Crippen molar-refractivity contribution in [3.05, 3.63) is 197 Å². The van der Waals surface area contributed by atoms with Crippen LogP contribution in [-0.4, -0.2) is 0 Å². The molecule has 2 aliphatic rings. The van der Waals surface area contributed by atoms with Gasteiger partial charge in [-0.1, -0.05) is 159 Å². The maximum absolute atomic E-state index is 2.51. The van der Waals surface area contributed by atoms with E-state index in [1.807, 2.05) is 11.3 Å². The fraction of sp³-hybridized carbons (Fsp3) is 0.0943. The van der Waals surface area contributed by atoms with Crippen LogP contribution in [-0.2, 0) is 18.3 Å². The lowest BCUT2D eigenvalue weighted by Crippen LogP contribution is -2.16. The number of anilines is 3. The zero-order valence-electron chi connectivity index (χ0n) is 31.0. The van der Waals surface area contributed by atoms with Gasteiger partial charge in [0.2, 0.25) is 0 Å². The number of hydrogen-bond acceptors (Lipinski definition) is 2. The van der Waals surface area contributed by atoms with Crippen LogP contribution in [0.3, 0.4) is 0 Å². The predicted molar refractivity (Wildman–Crippen MR) is 235 cm³/mol. The molecule has 0 atom stereocenters. The minimum Gasteiger partial charge on any atom is -0.309 e. The van der Waals surface area contributed by atoms with E-state index in [2.05, 4.69) is 195 Å². The van der Waals surface area contributed by atoms with Gasteiger partial charge in [-0.05, 0) is 98.5 Å². The number of para-hydroxylation sites is 1. The summed E-state index contributed by atoms with van der Waals surface area (Å²) in [6, 6.07) is 65.5. The molecule has 55 heavy (non-hydrogen) atoms. The minimum atomic E-state index is -0.103. The Kier molecular flexibility index (Phi) is 7.27. The maximum Gasteiger partial charge on any atom is 0.0543 e. The average Bonchev–Trinajstić information content (AvgIpc) is 3.73. The van der Waals surface area contributed by atoms with Gasteiger partial charge < -0.3 is 4.90 Å². The van der Waals surface area contributed by atoms with E-state index >= 15 is 0 Å². The van der Waals surface area contributed by atoms with E-state index in [0.29, 0.717) is 0 Å². The first-order valence-corrected chi connectivity index (χ1v) is 20.2. The summed E-state index contributed by atoms with van der Waals surface area (Å²) >= 11 is 1.97. The highest BCUT2D eigenvalue weighted by Gasteiger charge is 2.38. The minimum absolute atomic E-state index is 0.103. The summed E-state index contributed by atoms with van der Waals surface area (Å²) in [4.78, 5) is 4.02. The molecule has 0 radical (unpaired) electrons. The zero-order chi connectivity index (χ0) is 36.7. The molecule has 0 saturated carbocycles. The van der Waals surface area contributed by atoms with Gasteiger partial charge in [0.25, 0.3) is 0 Å². The van der Waals surface area contributed by atoms with Gasteiger partial charge in [-0.15, -0.1) is 11.3 Å². The van der Waals surface area contributed by atoms with Gasteiger partial charge >= 0.3 is 0 Å². The highest BCUT2D eigenvalue weighted by molar-refractivity contribution is 7.19. The molecule has 0 bridgehead atoms. The van der Waals surface area contributed by atoms with Crippen LogP contribution in [0.4, 0.5) is 17.1 Å². The molecule has 8 aromatic carbocycles. The molecule has 0 spiro atoms. The summed E-state index contributed by atoms with van der Waals surface area (Å²) in [5, 5.41) is 3.88. The van der Waals surface area contributed by atoms with Crippen molar-refractivity contribution in [2.45, 2.75) is 32.1 Å². The second-order valence-corrected chi connectivity index (χ2v) is 16.7. The van der Waals surface area contributed by atoms with E-state index in [-0.39, 0.29) is 5.41 Å². The van der Waals surface area contributed by atoms with Gasteiger partial charge in [0, 0.05) is 42.8 Å². The number of thiophene rings is 1. The predicted octanol–water partition coefficient (Wildman–Crippen LogP) is 14.9. The van der Waals surface area contributed by atoms with Crippen LogP contribution in [0.2, 0.25) is 0 Å². The molecule has 1 aromatic heterocycles. The van der Waals surface area contributed by atoms with Crippen molar-refractivity contribution in [2.75, 3.05) is 4.90 Å². The first kappa shape index (κ1) is 32.2. The Morgan fingerprint density at radius 3 is 2.02 bits per heavy atom. The third-order valence-electron chi connectivity index (χ3n) is 12.2. The molecule has 0 N–H and O–H groups in total. The SMILES string of the molecule is CC1(C)c2ccccc2-c2c(N(c3ccc(-c4ccc5c6c(sc5c4)CCc4ccccc4-6)cc3)c3ccccc3-c3cccc4ccccc34)cccc21. The third-order valence-corrected chi connectivity index (χ3v) is 13.4. The molecule has 1 heterocycles. The Morgan fingerprint density at radius 1 is 0.473 bits per heavy atom. The summed E-state index contributed by atoms with van der Waals surface area (Å²) in [5.41, 5.74) is 18.0. The summed E-state index contributed by atoms with van der Waals surface area (Å²) in [6.45, 7) is 4.73. The quantitative estimate of drug-likeness (QED) is 0.171. The van der Waals surface area contributed by atoms with Gasteiger partial charge in [0.15, 0.2) is 0 Å². The van der Waals surface area contributed by atoms with Crippen LogP contribution >= 0.6 is 11.3 Å². The number of rotatable bonds is 5. The summed E-state index contributed by atoms with van der Waals surface area (Å²) in [7, 11) is 0. The standard InChI is InChI=1S/C53H39NS/c1-53(2)45-21-9-7-19-43(45)52-46(53)22-12-24-48(52)54(47-23-10-8-18-42(47)41-20-11-15-35-13-3-5-16-39(35)41)38-29-25-34(26-30-38)37-27-31-44-50(33-37)55-49-32-28-36-14-4-6-17-40(36)51(44)49/h3-27,29-31,33H,28,32H2,1-2H3. The second kappa shape index (κ2) is 12.4. The first-order chi connectivity index (χ1) is 27.0. The molecule has 0 fully saturated rings. The molecular weight excluding hydrogens is 683 g/mol. The largest absolute Gasteiger partial charge is 0.309 e. The molecule has 0 saturated heterocycles. The Bertz CT molecular complexity index is 2960. The molecule has 2 aliphatic carbocycles. The number of benzene rings is 8. The lowest BCUT2D eigenvalue weighted by molar-refractivity contribution is 0.660. The smallest absolute Gasteiger partial charge is 0.0543 e. The lowest BCUT2D eigenvalue weighted by Gasteiger charge is -2.31. The number of nitrogens with zero attached hydrogens (tertiary/aromatic N) is 1. The van der Waals surface area contributed by atoms with Crippen molar-refractivity contribution in [1.29, 1.82) is 0 Å². The van der Waals surface area contributed by atoms with E-state index in [1.165, 1.54) is 92.6 Å². The molecule has 0 aliphatic heterocycles. The van der Waals surface area contributed by atoms with Gasteiger partial charge in [-0.25, -0.2) is 0 Å². The van der Waals surface area contributed by atoms with Crippen LogP contribution in [0, 0.1) is 0 Å². The maximum atomic E-state index is 2.51. The molecule has 0 amide bonds. The monoisotopic (exact) mass is 721 g/mol. The fourth-order valence-corrected chi connectivity index (χ4v) is 10.8. The number of fused-ring (bicyclic) bond motifs is 9. The molecule has 11 rings (SSSR count). The Morgan fingerprint density at radius 2 is 1.13 bits per heavy atom. The molecule has 1 nitrogen and oxygen atoms in total. The van der Waals surface area contributed by atoms with Gasteiger partial charge in [-0.3, -0.25) is 0 Å². The summed E-state index contributed by atoms with van der Waals surface area (Å²) < 4.78 is 1.37. The van der Waals surface area contributed by atoms with Gasteiger partial charge in [0.05, 0.1) is 11.4 Å². The van der Waals surface area contributed by atoms with Crippen LogP contribution in [0.25, 0.3) is 65.4 Å². The Balaban J connectivity index is 1.08. The van der Waals surface area contributed by atoms with Gasteiger partial charge in [-0.2, -0.15) is 0 Å². The Hall–Kier alpha value is -6.22. The summed E-state index contributed by atoms with van der Waals surface area (Å²) in [6.07, 6.45) is 2.24. The molecule has 262 valence electrons. The fourth-order valence-electron chi connectivity index (χ4n) is 9.52. The first-order valence-electron chi connectivity index (χ1n) is 19.4. The van der Waals surface area contributed by atoms with Crippen LogP contribution in [0.5, 0.6) is 0 Å². The average molecular weight is 722 g/mol. The molecule has 0 unspecified atom stereocenters. The topological polar surface area (TPSA) is 3.24 Å². The van der Waals surface area contributed by atoms with Crippen molar-refractivity contribution in [1.82, 2.24) is 0 Å². The third kappa shape index (κ3) is 4.98. The van der Waals surface area contributed by atoms with E-state index in [0.717, 1.165) is 24.2 Å². The van der Waals surface area contributed by atoms with E-state index < -0.39 is 0 Å². The van der Waals surface area contributed by atoms with Crippen molar-refractivity contribution in [3.8, 4) is 44.5 Å². The van der Waals surface area contributed by atoms with Crippen molar-refractivity contribution >= 4 is 49.3 Å². The van der Waals surface area contributed by atoms with E-state index in [1.54, 1.807) is 0 Å². The van der Waals surface area contributed by atoms with Crippen LogP contribution in [0.15, 0.2) is 176 Å². The highest BCUT2D eigenvalue weighted by atomic mass is 32.1. The van der Waals surface area contributed by atoms with Crippen LogP contribution < -0.4 is 4.90 Å². The van der Waals surface area contributed by atoms with E-state index in [4.69, 9.17) is 0 Å². The number of hydrogen-bond donors (Lipinski definition) is 0. The molecular formula is C53H39NS. The lowest BCUT2D eigenvalue weighted by atomic mass is 9.82.